The molecule has 0 aliphatic rings. The fourth-order valence-corrected chi connectivity index (χ4v) is 3.83. The van der Waals surface area contributed by atoms with Crippen molar-refractivity contribution in [3.63, 3.8) is 0 Å². The van der Waals surface area contributed by atoms with Gasteiger partial charge in [0.05, 0.1) is 6.04 Å². The average Bonchev–Trinajstić information content (AvgIpc) is 2.76. The van der Waals surface area contributed by atoms with Crippen molar-refractivity contribution in [3.8, 4) is 0 Å². The number of benzene rings is 1. The van der Waals surface area contributed by atoms with Gasteiger partial charge in [0.1, 0.15) is 24.1 Å². The molecule has 4 atom stereocenters. The van der Waals surface area contributed by atoms with Gasteiger partial charge in [0.2, 0.25) is 11.8 Å². The fourth-order valence-electron chi connectivity index (χ4n) is 3.63. The molecule has 0 radical (unpaired) electrons. The molecule has 8 nitrogen and oxygen atoms in total. The lowest BCUT2D eigenvalue weighted by atomic mass is 9.99. The Morgan fingerprint density at radius 2 is 1.29 bits per heavy atom. The Balaban J connectivity index is 2.87. The van der Waals surface area contributed by atoms with E-state index in [4.69, 9.17) is 4.74 Å². The first kappa shape index (κ1) is 30.8. The lowest BCUT2D eigenvalue weighted by Crippen LogP contribution is -2.56. The van der Waals surface area contributed by atoms with E-state index < -0.39 is 35.6 Å². The number of aliphatic hydroxyl groups is 1. The van der Waals surface area contributed by atoms with E-state index in [-0.39, 0.29) is 30.3 Å². The molecule has 4 N–H and O–H groups in total. The van der Waals surface area contributed by atoms with Crippen molar-refractivity contribution in [2.45, 2.75) is 91.0 Å². The molecule has 35 heavy (non-hydrogen) atoms. The zero-order chi connectivity index (χ0) is 26.5. The number of ether oxygens (including phenoxy) is 1. The van der Waals surface area contributed by atoms with Gasteiger partial charge in [0, 0.05) is 0 Å². The van der Waals surface area contributed by atoms with Crippen molar-refractivity contribution in [1.82, 2.24) is 16.0 Å². The summed E-state index contributed by atoms with van der Waals surface area (Å²) in [5.41, 5.74) is -0.185. The number of amides is 3. The number of nitrogens with one attached hydrogen (secondary N) is 3. The van der Waals surface area contributed by atoms with Crippen LogP contribution in [-0.4, -0.2) is 46.6 Å². The highest BCUT2D eigenvalue weighted by Crippen LogP contribution is 2.13. The minimum absolute atomic E-state index is 0.0877. The molecular weight excluding hydrogens is 466 g/mol. The lowest BCUT2D eigenvalue weighted by molar-refractivity contribution is -0.131. The van der Waals surface area contributed by atoms with Crippen LogP contribution in [0.25, 0.3) is 0 Å². The highest BCUT2D eigenvalue weighted by molar-refractivity contribution is 7.80. The van der Waals surface area contributed by atoms with Crippen molar-refractivity contribution >= 4 is 30.5 Å². The normalized spacial score (nSPS) is 14.8. The highest BCUT2D eigenvalue weighted by Gasteiger charge is 2.30. The summed E-state index contributed by atoms with van der Waals surface area (Å²) < 4.78 is 5.28. The lowest BCUT2D eigenvalue weighted by Gasteiger charge is -2.28. The highest BCUT2D eigenvalue weighted by atomic mass is 32.1. The summed E-state index contributed by atoms with van der Waals surface area (Å²) in [6, 6.07) is 7.04. The average molecular weight is 510 g/mol. The monoisotopic (exact) mass is 509 g/mol. The van der Waals surface area contributed by atoms with Crippen LogP contribution in [0.4, 0.5) is 4.79 Å². The van der Waals surface area contributed by atoms with Crippen LogP contribution in [0.1, 0.15) is 66.4 Å². The first-order valence-corrected chi connectivity index (χ1v) is 12.8. The molecule has 9 heteroatoms. The summed E-state index contributed by atoms with van der Waals surface area (Å²) in [6.07, 6.45) is 0.633. The van der Waals surface area contributed by atoms with E-state index in [1.807, 2.05) is 71.9 Å². The number of hydrogen-bond donors (Lipinski definition) is 5. The van der Waals surface area contributed by atoms with Gasteiger partial charge < -0.3 is 25.8 Å². The predicted molar refractivity (Wildman–Crippen MR) is 141 cm³/mol. The Morgan fingerprint density at radius 1 is 0.800 bits per heavy atom. The van der Waals surface area contributed by atoms with Crippen LogP contribution in [0.5, 0.6) is 0 Å². The van der Waals surface area contributed by atoms with Gasteiger partial charge in [-0.05, 0) is 42.6 Å². The summed E-state index contributed by atoms with van der Waals surface area (Å²) in [7, 11) is 0. The fraction of sp³-hybridized carbons (Fsp3) is 0.654. The zero-order valence-corrected chi connectivity index (χ0v) is 22.7. The molecule has 0 heterocycles. The third-order valence-corrected chi connectivity index (χ3v) is 5.64. The van der Waals surface area contributed by atoms with Crippen LogP contribution < -0.4 is 16.0 Å². The Bertz CT molecular complexity index is 786. The zero-order valence-electron chi connectivity index (χ0n) is 21.8. The van der Waals surface area contributed by atoms with Gasteiger partial charge in [-0.15, -0.1) is 12.6 Å². The molecule has 0 aliphatic heterocycles. The van der Waals surface area contributed by atoms with E-state index in [0.717, 1.165) is 5.56 Å². The summed E-state index contributed by atoms with van der Waals surface area (Å²) in [5.74, 6) is -0.360. The molecule has 1 aromatic carbocycles. The summed E-state index contributed by atoms with van der Waals surface area (Å²) in [4.78, 5) is 38.6. The van der Waals surface area contributed by atoms with E-state index in [1.165, 1.54) is 0 Å². The SMILES string of the molecule is CC(C)C[C@H](NC(=O)OCc1ccccc1)C(=O)N[C@@H](CC(C)C)C(=O)N[C@@H](CC(C)C)[C@@H](O)S. The van der Waals surface area contributed by atoms with Crippen LogP contribution in [-0.2, 0) is 20.9 Å². The Morgan fingerprint density at radius 3 is 1.77 bits per heavy atom. The second-order valence-corrected chi connectivity index (χ2v) is 10.8. The van der Waals surface area contributed by atoms with Gasteiger partial charge >= 0.3 is 6.09 Å². The number of carbonyl (C=O) groups excluding carboxylic acids is 3. The first-order valence-electron chi connectivity index (χ1n) is 12.3. The Hall–Kier alpha value is -2.26. The van der Waals surface area contributed by atoms with Crippen molar-refractivity contribution in [2.75, 3.05) is 0 Å². The molecular formula is C26H43N3O5S. The standard InChI is InChI=1S/C26H43N3O5S/c1-16(2)12-20(23(30)28-22(25(32)35)14-18(5)6)27-24(31)21(13-17(3)4)29-26(33)34-15-19-10-8-7-9-11-19/h7-11,16-18,20-22,25,32,35H,12-15H2,1-6H3,(H,27,31)(H,28,30)(H,29,33)/t20-,21-,22-,25-/m0/s1. The maximum Gasteiger partial charge on any atom is 0.408 e. The van der Waals surface area contributed by atoms with Crippen molar-refractivity contribution < 1.29 is 24.2 Å². The van der Waals surface area contributed by atoms with Crippen LogP contribution in [0.2, 0.25) is 0 Å². The van der Waals surface area contributed by atoms with Gasteiger partial charge in [0.25, 0.3) is 0 Å². The van der Waals surface area contributed by atoms with Gasteiger partial charge in [0.15, 0.2) is 0 Å². The molecule has 0 unspecified atom stereocenters. The second kappa shape index (κ2) is 15.7. The van der Waals surface area contributed by atoms with E-state index in [2.05, 4.69) is 28.6 Å². The topological polar surface area (TPSA) is 117 Å². The Kier molecular flexibility index (Phi) is 13.8. The van der Waals surface area contributed by atoms with Crippen LogP contribution in [0.3, 0.4) is 0 Å². The van der Waals surface area contributed by atoms with Crippen LogP contribution in [0, 0.1) is 17.8 Å². The third kappa shape index (κ3) is 12.9. The summed E-state index contributed by atoms with van der Waals surface area (Å²) >= 11 is 4.10. The van der Waals surface area contributed by atoms with E-state index in [0.29, 0.717) is 19.3 Å². The first-order chi connectivity index (χ1) is 16.4. The molecule has 0 saturated carbocycles. The molecule has 0 aliphatic carbocycles. The number of rotatable bonds is 14. The number of carbonyl (C=O) groups is 3. The second-order valence-electron chi connectivity index (χ2n) is 10.2. The molecule has 1 rings (SSSR count). The molecule has 0 aromatic heterocycles. The number of hydrogen-bond acceptors (Lipinski definition) is 6. The van der Waals surface area contributed by atoms with Gasteiger partial charge in [-0.3, -0.25) is 9.59 Å². The molecule has 1 aromatic rings. The molecule has 0 spiro atoms. The van der Waals surface area contributed by atoms with E-state index in [1.54, 1.807) is 0 Å². The van der Waals surface area contributed by atoms with E-state index in [9.17, 15) is 19.5 Å². The molecule has 0 fully saturated rings. The summed E-state index contributed by atoms with van der Waals surface area (Å²) in [6.45, 7) is 11.9. The smallest absolute Gasteiger partial charge is 0.408 e. The van der Waals surface area contributed by atoms with Crippen LogP contribution >= 0.6 is 12.6 Å². The van der Waals surface area contributed by atoms with Gasteiger partial charge in [-0.25, -0.2) is 4.79 Å². The third-order valence-electron chi connectivity index (χ3n) is 5.28. The maximum atomic E-state index is 13.2. The number of thiol groups is 1. The van der Waals surface area contributed by atoms with Crippen molar-refractivity contribution in [2.24, 2.45) is 17.8 Å². The Labute approximate surface area is 215 Å². The largest absolute Gasteiger partial charge is 0.445 e. The molecule has 3 amide bonds. The van der Waals surface area contributed by atoms with Gasteiger partial charge in [-0.1, -0.05) is 71.9 Å². The minimum atomic E-state index is -1.02. The van der Waals surface area contributed by atoms with Crippen molar-refractivity contribution in [1.29, 1.82) is 0 Å². The number of alkyl carbamates (subject to hydrolysis) is 1. The maximum absolute atomic E-state index is 13.2. The molecule has 198 valence electrons. The van der Waals surface area contributed by atoms with Crippen molar-refractivity contribution in [3.05, 3.63) is 35.9 Å². The minimum Gasteiger partial charge on any atom is -0.445 e. The quantitative estimate of drug-likeness (QED) is 0.194. The summed E-state index contributed by atoms with van der Waals surface area (Å²) in [5, 5.41) is 18.2. The molecule has 0 bridgehead atoms. The van der Waals surface area contributed by atoms with Crippen LogP contribution in [0.15, 0.2) is 30.3 Å². The predicted octanol–water partition coefficient (Wildman–Crippen LogP) is 3.64. The number of aliphatic hydroxyl groups excluding tert-OH is 1. The molecule has 0 saturated heterocycles. The van der Waals surface area contributed by atoms with E-state index >= 15 is 0 Å². The van der Waals surface area contributed by atoms with Gasteiger partial charge in [-0.2, -0.15) is 0 Å².